The number of rotatable bonds is 6. The maximum Gasteiger partial charge on any atom is 0.220 e. The summed E-state index contributed by atoms with van der Waals surface area (Å²) in [7, 11) is 0. The molecule has 26 heavy (non-hydrogen) atoms. The monoisotopic (exact) mass is 384 g/mol. The predicted octanol–water partition coefficient (Wildman–Crippen LogP) is 5.33. The molecule has 1 heterocycles. The van der Waals surface area contributed by atoms with Crippen LogP contribution in [0.5, 0.6) is 0 Å². The van der Waals surface area contributed by atoms with E-state index in [1.165, 1.54) is 11.1 Å². The third-order valence-corrected chi connectivity index (χ3v) is 5.34. The van der Waals surface area contributed by atoms with Gasteiger partial charge in [-0.2, -0.15) is 0 Å². The number of carbonyl (C=O) groups is 1. The zero-order valence-corrected chi connectivity index (χ0v) is 16.5. The fourth-order valence-electron chi connectivity index (χ4n) is 2.79. The fourth-order valence-corrected chi connectivity index (χ4v) is 3.81. The molecule has 3 aromatic rings. The molecule has 134 valence electrons. The summed E-state index contributed by atoms with van der Waals surface area (Å²) in [5.74, 6) is 0.0485. The second-order valence-electron chi connectivity index (χ2n) is 6.29. The van der Waals surface area contributed by atoms with E-state index in [9.17, 15) is 4.79 Å². The summed E-state index contributed by atoms with van der Waals surface area (Å²) in [4.78, 5) is 17.9. The second-order valence-corrected chi connectivity index (χ2v) is 8.01. The van der Waals surface area contributed by atoms with Gasteiger partial charge in [-0.25, -0.2) is 4.98 Å². The Labute approximate surface area is 163 Å². The molecule has 0 saturated carbocycles. The van der Waals surface area contributed by atoms with Crippen LogP contribution < -0.4 is 5.32 Å². The van der Waals surface area contributed by atoms with E-state index in [-0.39, 0.29) is 5.91 Å². The van der Waals surface area contributed by atoms with Gasteiger partial charge >= 0.3 is 0 Å². The number of aryl methyl sites for hydroxylation is 3. The minimum Gasteiger partial charge on any atom is -0.350 e. The number of hydrogen-bond acceptors (Lipinski definition) is 3. The van der Waals surface area contributed by atoms with Crippen LogP contribution in [0, 0.1) is 13.8 Å². The van der Waals surface area contributed by atoms with Crippen molar-refractivity contribution in [2.45, 2.75) is 33.2 Å². The van der Waals surface area contributed by atoms with Crippen molar-refractivity contribution in [3.8, 4) is 11.3 Å². The molecule has 3 rings (SSSR count). The Balaban J connectivity index is 1.55. The molecule has 0 unspecified atom stereocenters. The number of aromatic nitrogens is 1. The highest BCUT2D eigenvalue weighted by atomic mass is 35.5. The van der Waals surface area contributed by atoms with E-state index in [0.717, 1.165) is 27.6 Å². The van der Waals surface area contributed by atoms with Gasteiger partial charge in [0.05, 0.1) is 12.2 Å². The van der Waals surface area contributed by atoms with Crippen LogP contribution in [0.25, 0.3) is 11.3 Å². The molecular weight excluding hydrogens is 364 g/mol. The topological polar surface area (TPSA) is 42.0 Å². The van der Waals surface area contributed by atoms with Crippen molar-refractivity contribution in [1.82, 2.24) is 10.3 Å². The number of nitrogens with zero attached hydrogens (tertiary/aromatic N) is 1. The van der Waals surface area contributed by atoms with E-state index < -0.39 is 0 Å². The molecule has 0 atom stereocenters. The Hall–Kier alpha value is -2.17. The Morgan fingerprint density at radius 3 is 2.65 bits per heavy atom. The van der Waals surface area contributed by atoms with Gasteiger partial charge in [0.25, 0.3) is 0 Å². The summed E-state index contributed by atoms with van der Waals surface area (Å²) in [6.07, 6.45) is 1.23. The Morgan fingerprint density at radius 2 is 1.92 bits per heavy atom. The highest BCUT2D eigenvalue weighted by molar-refractivity contribution is 7.12. The first-order valence-corrected chi connectivity index (χ1v) is 9.75. The molecule has 0 saturated heterocycles. The van der Waals surface area contributed by atoms with Gasteiger partial charge in [0.1, 0.15) is 5.01 Å². The zero-order chi connectivity index (χ0) is 18.5. The summed E-state index contributed by atoms with van der Waals surface area (Å²) in [5.41, 5.74) is 4.40. The van der Waals surface area contributed by atoms with Gasteiger partial charge in [-0.15, -0.1) is 11.3 Å². The number of carbonyl (C=O) groups excluding carboxylic acids is 1. The molecule has 1 amide bonds. The summed E-state index contributed by atoms with van der Waals surface area (Å²) in [6.45, 7) is 4.57. The lowest BCUT2D eigenvalue weighted by molar-refractivity contribution is -0.121. The van der Waals surface area contributed by atoms with E-state index in [1.54, 1.807) is 11.3 Å². The molecule has 1 aromatic heterocycles. The first kappa shape index (κ1) is 18.6. The van der Waals surface area contributed by atoms with Crippen molar-refractivity contribution in [2.75, 3.05) is 0 Å². The van der Waals surface area contributed by atoms with E-state index in [0.29, 0.717) is 18.0 Å². The van der Waals surface area contributed by atoms with Crippen molar-refractivity contribution >= 4 is 28.8 Å². The molecule has 0 aliphatic rings. The number of nitrogens with one attached hydrogen (secondary N) is 1. The van der Waals surface area contributed by atoms with Crippen LogP contribution in [-0.4, -0.2) is 10.9 Å². The highest BCUT2D eigenvalue weighted by Gasteiger charge is 2.11. The summed E-state index contributed by atoms with van der Waals surface area (Å²) in [5, 5.41) is 4.60. The molecular formula is C21H21ClN2OS. The fraction of sp³-hybridized carbons (Fsp3) is 0.238. The standard InChI is InChI=1S/C21H21ClN2OS/c1-14-4-3-5-16(12-14)6-11-19(25)23-13-20-24-21(15(2)26-20)17-7-9-18(22)10-8-17/h3-5,7-10,12H,6,11,13H2,1-2H3,(H,23,25). The number of halogens is 1. The molecule has 0 aliphatic carbocycles. The van der Waals surface area contributed by atoms with Gasteiger partial charge in [0.15, 0.2) is 0 Å². The first-order chi connectivity index (χ1) is 12.5. The van der Waals surface area contributed by atoms with E-state index in [1.807, 2.05) is 37.3 Å². The van der Waals surface area contributed by atoms with Crippen LogP contribution in [0.3, 0.4) is 0 Å². The summed E-state index contributed by atoms with van der Waals surface area (Å²) >= 11 is 7.56. The molecule has 1 N–H and O–H groups in total. The highest BCUT2D eigenvalue weighted by Crippen LogP contribution is 2.28. The molecule has 0 fully saturated rings. The molecule has 0 spiro atoms. The van der Waals surface area contributed by atoms with Crippen molar-refractivity contribution in [3.05, 3.63) is 74.6 Å². The van der Waals surface area contributed by atoms with E-state index in [4.69, 9.17) is 11.6 Å². The average molecular weight is 385 g/mol. The number of thiazole rings is 1. The van der Waals surface area contributed by atoms with Crippen molar-refractivity contribution in [1.29, 1.82) is 0 Å². The first-order valence-electron chi connectivity index (χ1n) is 8.56. The Morgan fingerprint density at radius 1 is 1.15 bits per heavy atom. The SMILES string of the molecule is Cc1cccc(CCC(=O)NCc2nc(-c3ccc(Cl)cc3)c(C)s2)c1. The van der Waals surface area contributed by atoms with Gasteiger partial charge in [-0.05, 0) is 38.0 Å². The van der Waals surface area contributed by atoms with Gasteiger partial charge in [-0.3, -0.25) is 4.79 Å². The maximum absolute atomic E-state index is 12.1. The average Bonchev–Trinajstić information content (AvgIpc) is 3.00. The lowest BCUT2D eigenvalue weighted by Gasteiger charge is -2.04. The molecule has 0 aliphatic heterocycles. The lowest BCUT2D eigenvalue weighted by Crippen LogP contribution is -2.22. The minimum absolute atomic E-state index is 0.0485. The molecule has 2 aromatic carbocycles. The second kappa shape index (κ2) is 8.47. The quantitative estimate of drug-likeness (QED) is 0.624. The summed E-state index contributed by atoms with van der Waals surface area (Å²) in [6, 6.07) is 15.9. The third-order valence-electron chi connectivity index (χ3n) is 4.12. The minimum atomic E-state index is 0.0485. The van der Waals surface area contributed by atoms with Gasteiger partial charge in [0, 0.05) is 21.9 Å². The Kier molecular flexibility index (Phi) is 6.07. The number of benzene rings is 2. The van der Waals surface area contributed by atoms with Gasteiger partial charge < -0.3 is 5.32 Å². The van der Waals surface area contributed by atoms with Crippen LogP contribution in [0.2, 0.25) is 5.02 Å². The normalized spacial score (nSPS) is 10.7. The van der Waals surface area contributed by atoms with Crippen LogP contribution in [0.1, 0.15) is 27.4 Å². The van der Waals surface area contributed by atoms with Crippen LogP contribution >= 0.6 is 22.9 Å². The molecule has 0 bridgehead atoms. The summed E-state index contributed by atoms with van der Waals surface area (Å²) < 4.78 is 0. The predicted molar refractivity (Wildman–Crippen MR) is 109 cm³/mol. The van der Waals surface area contributed by atoms with Crippen molar-refractivity contribution in [2.24, 2.45) is 0 Å². The zero-order valence-electron chi connectivity index (χ0n) is 14.9. The maximum atomic E-state index is 12.1. The largest absolute Gasteiger partial charge is 0.350 e. The van der Waals surface area contributed by atoms with Crippen LogP contribution in [-0.2, 0) is 17.8 Å². The Bertz CT molecular complexity index is 903. The van der Waals surface area contributed by atoms with Crippen molar-refractivity contribution < 1.29 is 4.79 Å². The van der Waals surface area contributed by atoms with Crippen molar-refractivity contribution in [3.63, 3.8) is 0 Å². The number of hydrogen-bond donors (Lipinski definition) is 1. The smallest absolute Gasteiger partial charge is 0.220 e. The van der Waals surface area contributed by atoms with Gasteiger partial charge in [0.2, 0.25) is 5.91 Å². The van der Waals surface area contributed by atoms with Crippen LogP contribution in [0.15, 0.2) is 48.5 Å². The van der Waals surface area contributed by atoms with E-state index in [2.05, 4.69) is 35.4 Å². The molecule has 5 heteroatoms. The van der Waals surface area contributed by atoms with Crippen LogP contribution in [0.4, 0.5) is 0 Å². The third kappa shape index (κ3) is 4.93. The lowest BCUT2D eigenvalue weighted by atomic mass is 10.1. The molecule has 3 nitrogen and oxygen atoms in total. The molecule has 0 radical (unpaired) electrons. The van der Waals surface area contributed by atoms with E-state index >= 15 is 0 Å². The van der Waals surface area contributed by atoms with Gasteiger partial charge in [-0.1, -0.05) is 53.6 Å². The number of amides is 1.